The lowest BCUT2D eigenvalue weighted by atomic mass is 9.98. The first-order valence-electron chi connectivity index (χ1n) is 8.26. The van der Waals surface area contributed by atoms with Crippen molar-refractivity contribution in [3.63, 3.8) is 0 Å². The number of fused-ring (bicyclic) bond motifs is 2. The molecule has 2 bridgehead atoms. The molecule has 2 aliphatic heterocycles. The topological polar surface area (TPSA) is 15.3 Å². The van der Waals surface area contributed by atoms with Gasteiger partial charge < -0.3 is 10.2 Å². The highest BCUT2D eigenvalue weighted by atomic mass is 15.2. The summed E-state index contributed by atoms with van der Waals surface area (Å²) in [5.41, 5.74) is 0. The van der Waals surface area contributed by atoms with Crippen LogP contribution in [0.3, 0.4) is 0 Å². The molecule has 0 aromatic heterocycles. The van der Waals surface area contributed by atoms with E-state index in [-0.39, 0.29) is 0 Å². The zero-order valence-electron chi connectivity index (χ0n) is 12.5. The second-order valence-corrected chi connectivity index (χ2v) is 6.51. The zero-order chi connectivity index (χ0) is 12.8. The van der Waals surface area contributed by atoms with Crippen LogP contribution in [-0.4, -0.2) is 36.6 Å². The molecule has 106 valence electrons. The monoisotopic (exact) mass is 252 g/mol. The molecule has 0 aromatic carbocycles. The highest BCUT2D eigenvalue weighted by molar-refractivity contribution is 4.95. The van der Waals surface area contributed by atoms with E-state index in [4.69, 9.17) is 0 Å². The van der Waals surface area contributed by atoms with E-state index in [0.29, 0.717) is 0 Å². The SMILES string of the molecule is CCCCCCCCN(C)C1CC2CCC(C1)N2. The Balaban J connectivity index is 1.56. The standard InChI is InChI=1S/C16H32N2/c1-3-4-5-6-7-8-11-18(2)16-12-14-9-10-15(13-16)17-14/h14-17H,3-13H2,1-2H3. The van der Waals surface area contributed by atoms with Gasteiger partial charge in [0.05, 0.1) is 0 Å². The Morgan fingerprint density at radius 1 is 0.944 bits per heavy atom. The molecule has 0 aliphatic carbocycles. The summed E-state index contributed by atoms with van der Waals surface area (Å²) in [6.45, 7) is 3.61. The molecular weight excluding hydrogens is 220 g/mol. The second-order valence-electron chi connectivity index (χ2n) is 6.51. The Morgan fingerprint density at radius 2 is 1.56 bits per heavy atom. The summed E-state index contributed by atoms with van der Waals surface area (Å²) >= 11 is 0. The normalized spacial score (nSPS) is 31.2. The largest absolute Gasteiger partial charge is 0.311 e. The molecule has 2 rings (SSSR count). The molecule has 2 nitrogen and oxygen atoms in total. The van der Waals surface area contributed by atoms with Gasteiger partial charge in [0.1, 0.15) is 0 Å². The highest BCUT2D eigenvalue weighted by Crippen LogP contribution is 2.29. The fraction of sp³-hybridized carbons (Fsp3) is 1.00. The van der Waals surface area contributed by atoms with Crippen molar-refractivity contribution in [1.82, 2.24) is 10.2 Å². The quantitative estimate of drug-likeness (QED) is 0.665. The smallest absolute Gasteiger partial charge is 0.0122 e. The number of nitrogens with zero attached hydrogens (tertiary/aromatic N) is 1. The summed E-state index contributed by atoms with van der Waals surface area (Å²) in [5.74, 6) is 0. The minimum atomic E-state index is 0.834. The number of piperidine rings is 1. The van der Waals surface area contributed by atoms with Gasteiger partial charge in [-0.1, -0.05) is 39.0 Å². The molecule has 18 heavy (non-hydrogen) atoms. The summed E-state index contributed by atoms with van der Waals surface area (Å²) in [6, 6.07) is 2.53. The van der Waals surface area contributed by atoms with Gasteiger partial charge in [-0.25, -0.2) is 0 Å². The maximum Gasteiger partial charge on any atom is 0.0122 e. The molecule has 0 aromatic rings. The fourth-order valence-electron chi connectivity index (χ4n) is 3.71. The lowest BCUT2D eigenvalue weighted by molar-refractivity contribution is 0.169. The predicted molar refractivity (Wildman–Crippen MR) is 79.0 cm³/mol. The third kappa shape index (κ3) is 4.24. The van der Waals surface area contributed by atoms with E-state index >= 15 is 0 Å². The molecule has 2 unspecified atom stereocenters. The van der Waals surface area contributed by atoms with Gasteiger partial charge in [-0.3, -0.25) is 0 Å². The van der Waals surface area contributed by atoms with Crippen LogP contribution in [0.2, 0.25) is 0 Å². The van der Waals surface area contributed by atoms with Gasteiger partial charge in [0.15, 0.2) is 0 Å². The van der Waals surface area contributed by atoms with Crippen LogP contribution in [0, 0.1) is 0 Å². The van der Waals surface area contributed by atoms with Crippen molar-refractivity contribution in [3.8, 4) is 0 Å². The first-order valence-corrected chi connectivity index (χ1v) is 8.26. The zero-order valence-corrected chi connectivity index (χ0v) is 12.5. The van der Waals surface area contributed by atoms with Gasteiger partial charge in [0.2, 0.25) is 0 Å². The van der Waals surface area contributed by atoms with Crippen LogP contribution in [0.25, 0.3) is 0 Å². The van der Waals surface area contributed by atoms with Crippen molar-refractivity contribution < 1.29 is 0 Å². The Hall–Kier alpha value is -0.0800. The van der Waals surface area contributed by atoms with Crippen molar-refractivity contribution in [3.05, 3.63) is 0 Å². The number of nitrogens with one attached hydrogen (secondary N) is 1. The van der Waals surface area contributed by atoms with E-state index in [1.54, 1.807) is 0 Å². The number of hydrogen-bond acceptors (Lipinski definition) is 2. The van der Waals surface area contributed by atoms with Crippen molar-refractivity contribution in [2.24, 2.45) is 0 Å². The molecule has 1 N–H and O–H groups in total. The Labute approximate surface area is 114 Å². The lowest BCUT2D eigenvalue weighted by Gasteiger charge is -2.35. The van der Waals surface area contributed by atoms with Crippen LogP contribution in [0.15, 0.2) is 0 Å². The van der Waals surface area contributed by atoms with Gasteiger partial charge in [-0.15, -0.1) is 0 Å². The van der Waals surface area contributed by atoms with Gasteiger partial charge in [-0.05, 0) is 45.7 Å². The molecular formula is C16H32N2. The third-order valence-electron chi connectivity index (χ3n) is 4.94. The van der Waals surface area contributed by atoms with E-state index in [1.165, 1.54) is 70.8 Å². The van der Waals surface area contributed by atoms with Crippen molar-refractivity contribution >= 4 is 0 Å². The van der Waals surface area contributed by atoms with Crippen LogP contribution in [0.1, 0.15) is 71.1 Å². The maximum absolute atomic E-state index is 3.74. The van der Waals surface area contributed by atoms with Crippen molar-refractivity contribution in [2.45, 2.75) is 89.3 Å². The molecule has 2 aliphatic rings. The average molecular weight is 252 g/mol. The van der Waals surface area contributed by atoms with Crippen LogP contribution in [0.4, 0.5) is 0 Å². The van der Waals surface area contributed by atoms with E-state index in [9.17, 15) is 0 Å². The summed E-state index contributed by atoms with van der Waals surface area (Å²) < 4.78 is 0. The van der Waals surface area contributed by atoms with E-state index in [0.717, 1.165) is 18.1 Å². The van der Waals surface area contributed by atoms with Crippen LogP contribution in [-0.2, 0) is 0 Å². The highest BCUT2D eigenvalue weighted by Gasteiger charge is 2.34. The van der Waals surface area contributed by atoms with Crippen LogP contribution < -0.4 is 5.32 Å². The molecule has 2 fully saturated rings. The molecule has 2 saturated heterocycles. The fourth-order valence-corrected chi connectivity index (χ4v) is 3.71. The van der Waals surface area contributed by atoms with Gasteiger partial charge in [-0.2, -0.15) is 0 Å². The third-order valence-corrected chi connectivity index (χ3v) is 4.94. The minimum absolute atomic E-state index is 0.834. The van der Waals surface area contributed by atoms with E-state index in [2.05, 4.69) is 24.2 Å². The first-order chi connectivity index (χ1) is 8.79. The molecule has 0 spiro atoms. The van der Waals surface area contributed by atoms with Crippen LogP contribution >= 0.6 is 0 Å². The number of hydrogen-bond donors (Lipinski definition) is 1. The molecule has 2 atom stereocenters. The minimum Gasteiger partial charge on any atom is -0.311 e. The summed E-state index contributed by atoms with van der Waals surface area (Å²) in [6.07, 6.45) is 14.1. The van der Waals surface area contributed by atoms with E-state index < -0.39 is 0 Å². The lowest BCUT2D eigenvalue weighted by Crippen LogP contribution is -2.47. The molecule has 2 heteroatoms. The van der Waals surface area contributed by atoms with E-state index in [1.807, 2.05) is 0 Å². The first kappa shape index (κ1) is 14.3. The summed E-state index contributed by atoms with van der Waals surface area (Å²) in [4.78, 5) is 2.64. The number of unbranched alkanes of at least 4 members (excludes halogenated alkanes) is 5. The van der Waals surface area contributed by atoms with Crippen LogP contribution in [0.5, 0.6) is 0 Å². The summed E-state index contributed by atoms with van der Waals surface area (Å²) in [5, 5.41) is 3.74. The van der Waals surface area contributed by atoms with Gasteiger partial charge >= 0.3 is 0 Å². The second kappa shape index (κ2) is 7.49. The van der Waals surface area contributed by atoms with Gasteiger partial charge in [0, 0.05) is 18.1 Å². The van der Waals surface area contributed by atoms with Crippen molar-refractivity contribution in [1.29, 1.82) is 0 Å². The Bertz CT molecular complexity index is 217. The molecule has 0 radical (unpaired) electrons. The number of rotatable bonds is 8. The molecule has 2 heterocycles. The van der Waals surface area contributed by atoms with Gasteiger partial charge in [0.25, 0.3) is 0 Å². The predicted octanol–water partition coefficient (Wildman–Crippen LogP) is 3.56. The Kier molecular flexibility index (Phi) is 5.97. The average Bonchev–Trinajstić information content (AvgIpc) is 2.72. The Morgan fingerprint density at radius 3 is 2.22 bits per heavy atom. The maximum atomic E-state index is 3.74. The molecule has 0 saturated carbocycles. The summed E-state index contributed by atoms with van der Waals surface area (Å²) in [7, 11) is 2.35. The van der Waals surface area contributed by atoms with Crippen molar-refractivity contribution in [2.75, 3.05) is 13.6 Å². The molecule has 0 amide bonds.